The Labute approximate surface area is 189 Å². The van der Waals surface area contributed by atoms with Gasteiger partial charge in [-0.15, -0.1) is 0 Å². The van der Waals surface area contributed by atoms with Crippen LogP contribution in [0, 0.1) is 15.9 Å². The van der Waals surface area contributed by atoms with E-state index in [4.69, 9.17) is 4.42 Å². The summed E-state index contributed by atoms with van der Waals surface area (Å²) in [6.45, 7) is 0.123. The number of nitro groups is 1. The molecule has 3 amide bonds. The fourth-order valence-corrected chi connectivity index (χ4v) is 3.84. The summed E-state index contributed by atoms with van der Waals surface area (Å²) in [6.07, 6.45) is 1.47. The molecule has 0 fully saturated rings. The first kappa shape index (κ1) is 22.0. The zero-order valence-electron chi connectivity index (χ0n) is 16.9. The summed E-state index contributed by atoms with van der Waals surface area (Å²) in [5.74, 6) is -0.608. The van der Waals surface area contributed by atoms with Crippen LogP contribution in [0.2, 0.25) is 0 Å². The average molecular weight is 469 g/mol. The SMILES string of the molecule is O=C(CSc1nc2cc([N+](=O)[O-])ccc2n1-c1ccc(F)cc1)NC(=O)NCc1ccco1. The lowest BCUT2D eigenvalue weighted by Crippen LogP contribution is -2.39. The van der Waals surface area contributed by atoms with Crippen LogP contribution in [0.4, 0.5) is 14.9 Å². The van der Waals surface area contributed by atoms with Gasteiger partial charge in [0.2, 0.25) is 5.91 Å². The molecule has 2 aromatic carbocycles. The van der Waals surface area contributed by atoms with Crippen molar-refractivity contribution < 1.29 is 23.3 Å². The molecule has 0 aliphatic heterocycles. The molecule has 2 heterocycles. The first-order chi connectivity index (χ1) is 15.9. The third-order valence-electron chi connectivity index (χ3n) is 4.49. The lowest BCUT2D eigenvalue weighted by Gasteiger charge is -2.09. The lowest BCUT2D eigenvalue weighted by atomic mass is 10.2. The number of carbonyl (C=O) groups is 2. The number of aromatic nitrogens is 2. The molecule has 2 N–H and O–H groups in total. The Hall–Kier alpha value is -4.19. The fourth-order valence-electron chi connectivity index (χ4n) is 3.01. The van der Waals surface area contributed by atoms with E-state index in [1.54, 1.807) is 16.7 Å². The molecule has 0 aliphatic carbocycles. The van der Waals surface area contributed by atoms with Crippen molar-refractivity contribution in [3.05, 3.63) is 82.6 Å². The summed E-state index contributed by atoms with van der Waals surface area (Å²) < 4.78 is 20.2. The number of thioether (sulfide) groups is 1. The van der Waals surface area contributed by atoms with Gasteiger partial charge in [-0.05, 0) is 42.5 Å². The molecule has 0 aliphatic rings. The zero-order chi connectivity index (χ0) is 23.4. The van der Waals surface area contributed by atoms with Crippen LogP contribution in [0.25, 0.3) is 16.7 Å². The van der Waals surface area contributed by atoms with E-state index in [1.807, 2.05) is 0 Å². The first-order valence-corrected chi connectivity index (χ1v) is 10.5. The maximum Gasteiger partial charge on any atom is 0.321 e. The van der Waals surface area contributed by atoms with E-state index < -0.39 is 22.7 Å². The van der Waals surface area contributed by atoms with Crippen molar-refractivity contribution in [3.63, 3.8) is 0 Å². The molecule has 4 aromatic rings. The van der Waals surface area contributed by atoms with Crippen molar-refractivity contribution in [2.45, 2.75) is 11.7 Å². The number of hydrogen-bond acceptors (Lipinski definition) is 7. The summed E-state index contributed by atoms with van der Waals surface area (Å²) in [6, 6.07) is 12.5. The van der Waals surface area contributed by atoms with Crippen LogP contribution in [0.1, 0.15) is 5.76 Å². The minimum absolute atomic E-state index is 0.123. The van der Waals surface area contributed by atoms with E-state index in [9.17, 15) is 24.1 Å². The average Bonchev–Trinajstić information content (AvgIpc) is 3.44. The molecule has 168 valence electrons. The molecule has 4 rings (SSSR count). The predicted molar refractivity (Wildman–Crippen MR) is 117 cm³/mol. The standard InChI is InChI=1S/C21H16FN5O5S/c22-13-3-5-14(6-4-13)26-18-8-7-15(27(30)31)10-17(18)24-21(26)33-12-19(28)25-20(29)23-11-16-2-1-9-32-16/h1-10H,11-12H2,(H2,23,25,28,29). The van der Waals surface area contributed by atoms with Crippen LogP contribution in [-0.4, -0.2) is 32.2 Å². The molecule has 33 heavy (non-hydrogen) atoms. The maximum atomic E-state index is 13.4. The molecule has 0 bridgehead atoms. The number of amides is 3. The second-order valence-electron chi connectivity index (χ2n) is 6.74. The highest BCUT2D eigenvalue weighted by molar-refractivity contribution is 7.99. The van der Waals surface area contributed by atoms with Crippen molar-refractivity contribution >= 4 is 40.4 Å². The summed E-state index contributed by atoms with van der Waals surface area (Å²) >= 11 is 1.03. The van der Waals surface area contributed by atoms with Crippen LogP contribution in [0.3, 0.4) is 0 Å². The number of benzene rings is 2. The van der Waals surface area contributed by atoms with Gasteiger partial charge in [0.15, 0.2) is 5.16 Å². The van der Waals surface area contributed by atoms with Crippen LogP contribution in [0.5, 0.6) is 0 Å². The number of halogens is 1. The fraction of sp³-hybridized carbons (Fsp3) is 0.0952. The van der Waals surface area contributed by atoms with Crippen molar-refractivity contribution in [2.75, 3.05) is 5.75 Å². The summed E-state index contributed by atoms with van der Waals surface area (Å²) in [5.41, 5.74) is 1.32. The van der Waals surface area contributed by atoms with Crippen molar-refractivity contribution in [3.8, 4) is 5.69 Å². The van der Waals surface area contributed by atoms with E-state index in [0.29, 0.717) is 27.6 Å². The highest BCUT2D eigenvalue weighted by atomic mass is 32.2. The number of nitro benzene ring substituents is 1. The number of carbonyl (C=O) groups excluding carboxylic acids is 2. The normalized spacial score (nSPS) is 10.8. The molecule has 12 heteroatoms. The minimum atomic E-state index is -0.681. The number of urea groups is 1. The van der Waals surface area contributed by atoms with E-state index >= 15 is 0 Å². The van der Waals surface area contributed by atoms with Crippen molar-refractivity contribution in [1.29, 1.82) is 0 Å². The molecule has 0 saturated carbocycles. The Morgan fingerprint density at radius 1 is 1.18 bits per heavy atom. The topological polar surface area (TPSA) is 132 Å². The largest absolute Gasteiger partial charge is 0.467 e. The molecule has 0 unspecified atom stereocenters. The number of furan rings is 1. The number of non-ortho nitro benzene ring substituents is 1. The summed E-state index contributed by atoms with van der Waals surface area (Å²) in [5, 5.41) is 16.2. The third-order valence-corrected chi connectivity index (χ3v) is 5.43. The van der Waals surface area contributed by atoms with Gasteiger partial charge in [0.25, 0.3) is 5.69 Å². The molecule has 10 nitrogen and oxygen atoms in total. The Morgan fingerprint density at radius 3 is 2.67 bits per heavy atom. The first-order valence-electron chi connectivity index (χ1n) is 9.56. The molecule has 0 atom stereocenters. The molecule has 2 aromatic heterocycles. The van der Waals surface area contributed by atoms with E-state index in [1.165, 1.54) is 48.7 Å². The van der Waals surface area contributed by atoms with Crippen LogP contribution in [-0.2, 0) is 11.3 Å². The highest BCUT2D eigenvalue weighted by Gasteiger charge is 2.18. The number of nitrogens with one attached hydrogen (secondary N) is 2. The van der Waals surface area contributed by atoms with Crippen LogP contribution >= 0.6 is 11.8 Å². The van der Waals surface area contributed by atoms with E-state index in [0.717, 1.165) is 11.8 Å². The number of fused-ring (bicyclic) bond motifs is 1. The highest BCUT2D eigenvalue weighted by Crippen LogP contribution is 2.30. The third kappa shape index (κ3) is 5.18. The quantitative estimate of drug-likeness (QED) is 0.239. The lowest BCUT2D eigenvalue weighted by molar-refractivity contribution is -0.384. The Kier molecular flexibility index (Phi) is 6.36. The predicted octanol–water partition coefficient (Wildman–Crippen LogP) is 3.78. The van der Waals surface area contributed by atoms with Gasteiger partial charge in [0, 0.05) is 17.8 Å². The van der Waals surface area contributed by atoms with Gasteiger partial charge < -0.3 is 9.73 Å². The number of nitrogens with zero attached hydrogens (tertiary/aromatic N) is 3. The monoisotopic (exact) mass is 469 g/mol. The molecule has 0 spiro atoms. The Morgan fingerprint density at radius 2 is 1.97 bits per heavy atom. The Bertz CT molecular complexity index is 1320. The van der Waals surface area contributed by atoms with Crippen LogP contribution < -0.4 is 10.6 Å². The van der Waals surface area contributed by atoms with Gasteiger partial charge in [-0.1, -0.05) is 11.8 Å². The number of imide groups is 1. The molecular formula is C21H16FN5O5S. The van der Waals surface area contributed by atoms with E-state index in [2.05, 4.69) is 15.6 Å². The molecular weight excluding hydrogens is 453 g/mol. The number of rotatable bonds is 7. The number of imidazole rings is 1. The van der Waals surface area contributed by atoms with E-state index in [-0.39, 0.29) is 18.0 Å². The number of hydrogen-bond donors (Lipinski definition) is 2. The summed E-state index contributed by atoms with van der Waals surface area (Å²) in [7, 11) is 0. The smallest absolute Gasteiger partial charge is 0.321 e. The van der Waals surface area contributed by atoms with Crippen LogP contribution in [0.15, 0.2) is 70.4 Å². The maximum absolute atomic E-state index is 13.4. The minimum Gasteiger partial charge on any atom is -0.467 e. The second kappa shape index (κ2) is 9.53. The summed E-state index contributed by atoms with van der Waals surface area (Å²) in [4.78, 5) is 39.2. The Balaban J connectivity index is 1.51. The van der Waals surface area contributed by atoms with Gasteiger partial charge in [-0.25, -0.2) is 14.2 Å². The van der Waals surface area contributed by atoms with Gasteiger partial charge >= 0.3 is 6.03 Å². The van der Waals surface area contributed by atoms with Gasteiger partial charge in [0.05, 0.1) is 34.5 Å². The van der Waals surface area contributed by atoms with Crippen molar-refractivity contribution in [2.24, 2.45) is 0 Å². The van der Waals surface area contributed by atoms with Gasteiger partial charge in [-0.2, -0.15) is 0 Å². The van der Waals surface area contributed by atoms with Crippen molar-refractivity contribution in [1.82, 2.24) is 20.2 Å². The second-order valence-corrected chi connectivity index (χ2v) is 7.68. The molecule has 0 radical (unpaired) electrons. The van der Waals surface area contributed by atoms with Gasteiger partial charge in [0.1, 0.15) is 11.6 Å². The van der Waals surface area contributed by atoms with Gasteiger partial charge in [-0.3, -0.25) is 24.8 Å². The zero-order valence-corrected chi connectivity index (χ0v) is 17.7. The molecule has 0 saturated heterocycles.